The van der Waals surface area contributed by atoms with Gasteiger partial charge in [0.2, 0.25) is 0 Å². The third-order valence-corrected chi connectivity index (χ3v) is 3.10. The summed E-state index contributed by atoms with van der Waals surface area (Å²) in [5.74, 6) is 0. The molecule has 2 N–H and O–H groups in total. The normalized spacial score (nSPS) is 24.6. The van der Waals surface area contributed by atoms with Crippen molar-refractivity contribution in [3.63, 3.8) is 0 Å². The average molecular weight is 193 g/mol. The van der Waals surface area contributed by atoms with Crippen molar-refractivity contribution in [2.24, 2.45) is 5.73 Å². The van der Waals surface area contributed by atoms with E-state index >= 15 is 0 Å². The van der Waals surface area contributed by atoms with Gasteiger partial charge in [-0.15, -0.1) is 0 Å². The van der Waals surface area contributed by atoms with Crippen molar-refractivity contribution in [1.29, 1.82) is 0 Å². The number of ether oxygens (including phenoxy) is 1. The molecule has 1 aromatic heterocycles. The van der Waals surface area contributed by atoms with Gasteiger partial charge < -0.3 is 10.5 Å². The van der Waals surface area contributed by atoms with Crippen LogP contribution in [0.2, 0.25) is 0 Å². The van der Waals surface area contributed by atoms with E-state index in [0.29, 0.717) is 6.04 Å². The zero-order valence-electron chi connectivity index (χ0n) is 8.15. The first-order chi connectivity index (χ1) is 6.75. The van der Waals surface area contributed by atoms with Gasteiger partial charge in [0.25, 0.3) is 0 Å². The zero-order valence-corrected chi connectivity index (χ0v) is 8.15. The van der Waals surface area contributed by atoms with Crippen LogP contribution in [0.5, 0.6) is 0 Å². The Hall–Kier alpha value is -0.870. The van der Waals surface area contributed by atoms with Crippen LogP contribution in [0.4, 0.5) is 0 Å². The maximum Gasteiger partial charge on any atom is 0.0985 e. The Morgan fingerprint density at radius 2 is 2.36 bits per heavy atom. The quantitative estimate of drug-likeness (QED) is 0.760. The van der Waals surface area contributed by atoms with Crippen molar-refractivity contribution in [2.45, 2.75) is 30.8 Å². The lowest BCUT2D eigenvalue weighted by Gasteiger charge is -2.25. The molecule has 1 saturated heterocycles. The minimum Gasteiger partial charge on any atom is -0.377 e. The van der Waals surface area contributed by atoms with E-state index < -0.39 is 0 Å². The molecule has 4 nitrogen and oxygen atoms in total. The van der Waals surface area contributed by atoms with Crippen molar-refractivity contribution in [1.82, 2.24) is 9.78 Å². The highest BCUT2D eigenvalue weighted by molar-refractivity contribution is 5.15. The lowest BCUT2D eigenvalue weighted by molar-refractivity contribution is -0.0286. The molecule has 0 bridgehead atoms. The van der Waals surface area contributed by atoms with Crippen LogP contribution in [-0.4, -0.2) is 28.5 Å². The zero-order chi connectivity index (χ0) is 9.60. The summed E-state index contributed by atoms with van der Waals surface area (Å²) in [5, 5.41) is 4.33. The summed E-state index contributed by atoms with van der Waals surface area (Å²) in [6, 6.07) is 0.455. The first kappa shape index (κ1) is 8.44. The molecule has 0 atom stereocenters. The van der Waals surface area contributed by atoms with E-state index in [0.717, 1.165) is 32.5 Å². The molecular weight excluding hydrogens is 178 g/mol. The minimum absolute atomic E-state index is 0.0873. The van der Waals surface area contributed by atoms with E-state index in [1.54, 1.807) is 0 Å². The molecule has 2 heterocycles. The topological polar surface area (TPSA) is 53.1 Å². The van der Waals surface area contributed by atoms with Gasteiger partial charge in [0.1, 0.15) is 0 Å². The number of hydrogen-bond donors (Lipinski definition) is 1. The smallest absolute Gasteiger partial charge is 0.0985 e. The second kappa shape index (κ2) is 2.81. The van der Waals surface area contributed by atoms with Crippen molar-refractivity contribution >= 4 is 0 Å². The Bertz CT molecular complexity index is 339. The van der Waals surface area contributed by atoms with Gasteiger partial charge in [-0.2, -0.15) is 5.10 Å². The molecule has 1 saturated carbocycles. The molecule has 14 heavy (non-hydrogen) atoms. The second-order valence-electron chi connectivity index (χ2n) is 4.56. The molecule has 76 valence electrons. The molecule has 4 heteroatoms. The Labute approximate surface area is 83.0 Å². The average Bonchev–Trinajstić information content (AvgIpc) is 2.57. The van der Waals surface area contributed by atoms with Gasteiger partial charge >= 0.3 is 0 Å². The summed E-state index contributed by atoms with van der Waals surface area (Å²) in [5.41, 5.74) is 7.40. The van der Waals surface area contributed by atoms with Crippen molar-refractivity contribution in [3.8, 4) is 0 Å². The molecule has 0 amide bonds. The van der Waals surface area contributed by atoms with Crippen LogP contribution >= 0.6 is 0 Å². The number of rotatable bonds is 3. The van der Waals surface area contributed by atoms with Crippen LogP contribution in [0.3, 0.4) is 0 Å². The number of aromatic nitrogens is 2. The van der Waals surface area contributed by atoms with Crippen molar-refractivity contribution < 1.29 is 4.74 Å². The summed E-state index contributed by atoms with van der Waals surface area (Å²) in [7, 11) is 0. The third kappa shape index (κ3) is 1.44. The summed E-state index contributed by atoms with van der Waals surface area (Å²) in [6.07, 6.45) is 7.33. The maximum absolute atomic E-state index is 6.05. The van der Waals surface area contributed by atoms with Crippen LogP contribution < -0.4 is 5.73 Å². The van der Waals surface area contributed by atoms with Gasteiger partial charge in [-0.1, -0.05) is 0 Å². The van der Waals surface area contributed by atoms with Gasteiger partial charge in [0, 0.05) is 11.7 Å². The first-order valence-corrected chi connectivity index (χ1v) is 5.15. The molecule has 2 fully saturated rings. The highest BCUT2D eigenvalue weighted by atomic mass is 16.5. The Morgan fingerprint density at radius 1 is 1.57 bits per heavy atom. The van der Waals surface area contributed by atoms with Crippen LogP contribution in [0.15, 0.2) is 12.4 Å². The Balaban J connectivity index is 1.70. The fourth-order valence-electron chi connectivity index (χ4n) is 1.79. The SMILES string of the molecule is NC1(Cc2cnn(C3COC3)c2)CC1. The van der Waals surface area contributed by atoms with Crippen molar-refractivity contribution in [3.05, 3.63) is 18.0 Å². The van der Waals surface area contributed by atoms with E-state index in [1.165, 1.54) is 5.56 Å². The fraction of sp³-hybridized carbons (Fsp3) is 0.700. The molecule has 2 aliphatic rings. The summed E-state index contributed by atoms with van der Waals surface area (Å²) in [4.78, 5) is 0. The molecule has 0 radical (unpaired) electrons. The molecule has 1 aliphatic carbocycles. The first-order valence-electron chi connectivity index (χ1n) is 5.15. The molecule has 0 spiro atoms. The van der Waals surface area contributed by atoms with Gasteiger partial charge in [0.15, 0.2) is 0 Å². The van der Waals surface area contributed by atoms with Gasteiger partial charge in [-0.05, 0) is 24.8 Å². The van der Waals surface area contributed by atoms with Gasteiger partial charge in [0.05, 0.1) is 25.5 Å². The van der Waals surface area contributed by atoms with Crippen LogP contribution in [-0.2, 0) is 11.2 Å². The van der Waals surface area contributed by atoms with Crippen LogP contribution in [0.1, 0.15) is 24.4 Å². The van der Waals surface area contributed by atoms with Gasteiger partial charge in [-0.3, -0.25) is 4.68 Å². The van der Waals surface area contributed by atoms with E-state index in [4.69, 9.17) is 10.5 Å². The third-order valence-electron chi connectivity index (χ3n) is 3.10. The monoisotopic (exact) mass is 193 g/mol. The molecule has 1 aliphatic heterocycles. The number of nitrogens with zero attached hydrogens (tertiary/aromatic N) is 2. The van der Waals surface area contributed by atoms with E-state index in [2.05, 4.69) is 11.3 Å². The largest absolute Gasteiger partial charge is 0.377 e. The standard InChI is InChI=1S/C10H15N3O/c11-10(1-2-10)3-8-4-12-13(5-8)9-6-14-7-9/h4-5,9H,1-3,6-7,11H2. The summed E-state index contributed by atoms with van der Waals surface area (Å²) >= 11 is 0. The Morgan fingerprint density at radius 3 is 2.93 bits per heavy atom. The maximum atomic E-state index is 6.05. The van der Waals surface area contributed by atoms with Crippen molar-refractivity contribution in [2.75, 3.05) is 13.2 Å². The molecular formula is C10H15N3O. The van der Waals surface area contributed by atoms with E-state index in [1.807, 2.05) is 10.9 Å². The van der Waals surface area contributed by atoms with Crippen LogP contribution in [0.25, 0.3) is 0 Å². The van der Waals surface area contributed by atoms with E-state index in [9.17, 15) is 0 Å². The van der Waals surface area contributed by atoms with Crippen LogP contribution in [0, 0.1) is 0 Å². The second-order valence-corrected chi connectivity index (χ2v) is 4.56. The molecule has 0 aromatic carbocycles. The lowest BCUT2D eigenvalue weighted by Crippen LogP contribution is -2.31. The van der Waals surface area contributed by atoms with E-state index in [-0.39, 0.29) is 5.54 Å². The highest BCUT2D eigenvalue weighted by Gasteiger charge is 2.38. The summed E-state index contributed by atoms with van der Waals surface area (Å²) in [6.45, 7) is 1.60. The Kier molecular flexibility index (Phi) is 1.69. The predicted octanol–water partition coefficient (Wildman–Crippen LogP) is 0.488. The minimum atomic E-state index is 0.0873. The predicted molar refractivity (Wildman–Crippen MR) is 51.9 cm³/mol. The highest BCUT2D eigenvalue weighted by Crippen LogP contribution is 2.35. The molecule has 3 rings (SSSR count). The molecule has 1 aromatic rings. The lowest BCUT2D eigenvalue weighted by atomic mass is 10.1. The summed E-state index contributed by atoms with van der Waals surface area (Å²) < 4.78 is 7.13. The molecule has 0 unspecified atom stereocenters. The number of hydrogen-bond acceptors (Lipinski definition) is 3. The fourth-order valence-corrected chi connectivity index (χ4v) is 1.79. The number of nitrogens with two attached hydrogens (primary N) is 1. The van der Waals surface area contributed by atoms with Gasteiger partial charge in [-0.25, -0.2) is 0 Å².